The summed E-state index contributed by atoms with van der Waals surface area (Å²) in [5.74, 6) is 4.07. The van der Waals surface area contributed by atoms with Gasteiger partial charge in [-0.1, -0.05) is 22.9 Å². The van der Waals surface area contributed by atoms with Crippen molar-refractivity contribution in [1.29, 1.82) is 0 Å². The van der Waals surface area contributed by atoms with Crippen LogP contribution in [-0.4, -0.2) is 17.3 Å². The second-order valence-electron chi connectivity index (χ2n) is 5.78. The van der Waals surface area contributed by atoms with Crippen LogP contribution in [0.2, 0.25) is 0 Å². The molecule has 3 saturated carbocycles. The van der Waals surface area contributed by atoms with Gasteiger partial charge in [-0.05, 0) is 49.4 Å². The number of fused-ring (bicyclic) bond motifs is 5. The summed E-state index contributed by atoms with van der Waals surface area (Å²) in [7, 11) is 0. The Hall–Kier alpha value is -0.0500. The summed E-state index contributed by atoms with van der Waals surface area (Å²) in [4.78, 5) is 12.1. The SMILES string of the molecule is CCC(CBr)NC(=O)C1C2C3CCC(C3)C12. The van der Waals surface area contributed by atoms with Crippen LogP contribution in [0.3, 0.4) is 0 Å². The number of nitrogens with one attached hydrogen (secondary N) is 1. The van der Waals surface area contributed by atoms with E-state index in [9.17, 15) is 4.79 Å². The Kier molecular flexibility index (Phi) is 2.77. The molecule has 0 aromatic rings. The van der Waals surface area contributed by atoms with Gasteiger partial charge < -0.3 is 5.32 Å². The normalized spacial score (nSPS) is 45.2. The standard InChI is InChI=1S/C13H20BrNO/c1-2-9(6-14)15-13(16)12-10-7-3-4-8(5-7)11(10)12/h7-12H,2-6H2,1H3,(H,15,16). The van der Waals surface area contributed by atoms with E-state index < -0.39 is 0 Å². The highest BCUT2D eigenvalue weighted by molar-refractivity contribution is 9.09. The summed E-state index contributed by atoms with van der Waals surface area (Å²) < 4.78 is 0. The third-order valence-corrected chi connectivity index (χ3v) is 5.85. The number of amides is 1. The Morgan fingerprint density at radius 3 is 2.50 bits per heavy atom. The Labute approximate surface area is 106 Å². The van der Waals surface area contributed by atoms with Gasteiger partial charge in [0.15, 0.2) is 0 Å². The van der Waals surface area contributed by atoms with Gasteiger partial charge in [0.25, 0.3) is 0 Å². The average molecular weight is 286 g/mol. The van der Waals surface area contributed by atoms with Gasteiger partial charge in [-0.15, -0.1) is 0 Å². The molecule has 3 heteroatoms. The molecule has 1 N–H and O–H groups in total. The van der Waals surface area contributed by atoms with Crippen molar-refractivity contribution in [2.75, 3.05) is 5.33 Å². The predicted molar refractivity (Wildman–Crippen MR) is 67.3 cm³/mol. The van der Waals surface area contributed by atoms with Crippen LogP contribution in [-0.2, 0) is 4.79 Å². The van der Waals surface area contributed by atoms with Gasteiger partial charge in [0.05, 0.1) is 0 Å². The van der Waals surface area contributed by atoms with Crippen molar-refractivity contribution in [1.82, 2.24) is 5.32 Å². The van der Waals surface area contributed by atoms with Gasteiger partial charge >= 0.3 is 0 Å². The molecule has 3 rings (SSSR count). The van der Waals surface area contributed by atoms with Gasteiger partial charge in [0.1, 0.15) is 0 Å². The monoisotopic (exact) mass is 285 g/mol. The first-order valence-electron chi connectivity index (χ1n) is 6.62. The van der Waals surface area contributed by atoms with E-state index in [0.29, 0.717) is 17.9 Å². The highest BCUT2D eigenvalue weighted by Crippen LogP contribution is 2.69. The molecular formula is C13H20BrNO. The van der Waals surface area contributed by atoms with Crippen LogP contribution in [0.4, 0.5) is 0 Å². The lowest BCUT2D eigenvalue weighted by atomic mass is 10.0. The van der Waals surface area contributed by atoms with Crippen LogP contribution < -0.4 is 5.32 Å². The molecule has 0 spiro atoms. The first-order chi connectivity index (χ1) is 7.76. The molecule has 90 valence electrons. The van der Waals surface area contributed by atoms with E-state index in [0.717, 1.165) is 35.4 Å². The maximum absolute atomic E-state index is 12.1. The van der Waals surface area contributed by atoms with Gasteiger partial charge in [-0.2, -0.15) is 0 Å². The van der Waals surface area contributed by atoms with Gasteiger partial charge in [0, 0.05) is 17.3 Å². The summed E-state index contributed by atoms with van der Waals surface area (Å²) in [6, 6.07) is 0.325. The number of alkyl halides is 1. The molecule has 3 fully saturated rings. The number of hydrogen-bond donors (Lipinski definition) is 1. The van der Waals surface area contributed by atoms with Gasteiger partial charge in [0.2, 0.25) is 5.91 Å². The molecule has 0 aromatic heterocycles. The minimum Gasteiger partial charge on any atom is -0.352 e. The van der Waals surface area contributed by atoms with Gasteiger partial charge in [-0.25, -0.2) is 0 Å². The summed E-state index contributed by atoms with van der Waals surface area (Å²) in [5, 5.41) is 4.07. The van der Waals surface area contributed by atoms with Crippen LogP contribution in [0.25, 0.3) is 0 Å². The number of rotatable bonds is 4. The Balaban J connectivity index is 1.58. The van der Waals surface area contributed by atoms with Crippen molar-refractivity contribution in [3.8, 4) is 0 Å². The predicted octanol–water partition coefficient (Wildman–Crippen LogP) is 2.57. The number of halogens is 1. The molecule has 3 aliphatic rings. The van der Waals surface area contributed by atoms with Crippen LogP contribution >= 0.6 is 15.9 Å². The summed E-state index contributed by atoms with van der Waals surface area (Å²) in [6.07, 6.45) is 5.23. The molecule has 0 heterocycles. The van der Waals surface area contributed by atoms with Gasteiger partial charge in [-0.3, -0.25) is 4.79 Å². The van der Waals surface area contributed by atoms with Crippen LogP contribution in [0.15, 0.2) is 0 Å². The molecule has 2 bridgehead atoms. The van der Waals surface area contributed by atoms with E-state index in [1.54, 1.807) is 0 Å². The summed E-state index contributed by atoms with van der Waals surface area (Å²) >= 11 is 3.46. The van der Waals surface area contributed by atoms with Crippen LogP contribution in [0, 0.1) is 29.6 Å². The molecule has 0 saturated heterocycles. The number of hydrogen-bond acceptors (Lipinski definition) is 1. The zero-order valence-electron chi connectivity index (χ0n) is 9.79. The maximum Gasteiger partial charge on any atom is 0.223 e. The summed E-state index contributed by atoms with van der Waals surface area (Å²) in [5.41, 5.74) is 0. The fourth-order valence-electron chi connectivity index (χ4n) is 4.22. The fourth-order valence-corrected chi connectivity index (χ4v) is 4.84. The first kappa shape index (κ1) is 11.1. The Morgan fingerprint density at radius 2 is 2.00 bits per heavy atom. The van der Waals surface area contributed by atoms with E-state index in [1.807, 2.05) is 0 Å². The van der Waals surface area contributed by atoms with Crippen molar-refractivity contribution in [3.05, 3.63) is 0 Å². The molecule has 5 atom stereocenters. The van der Waals surface area contributed by atoms with Crippen LogP contribution in [0.5, 0.6) is 0 Å². The molecular weight excluding hydrogens is 266 g/mol. The van der Waals surface area contributed by atoms with Crippen molar-refractivity contribution in [3.63, 3.8) is 0 Å². The minimum atomic E-state index is 0.325. The van der Waals surface area contributed by atoms with Crippen molar-refractivity contribution in [2.45, 2.75) is 38.6 Å². The molecule has 1 amide bonds. The highest BCUT2D eigenvalue weighted by Gasteiger charge is 2.67. The van der Waals surface area contributed by atoms with E-state index in [2.05, 4.69) is 28.2 Å². The van der Waals surface area contributed by atoms with Crippen molar-refractivity contribution >= 4 is 21.8 Å². The largest absolute Gasteiger partial charge is 0.352 e. The second kappa shape index (κ2) is 4.01. The maximum atomic E-state index is 12.1. The van der Waals surface area contributed by atoms with Crippen LogP contribution in [0.1, 0.15) is 32.6 Å². The quantitative estimate of drug-likeness (QED) is 0.791. The minimum absolute atomic E-state index is 0.325. The molecule has 2 nitrogen and oxygen atoms in total. The third kappa shape index (κ3) is 1.54. The van der Waals surface area contributed by atoms with Crippen molar-refractivity contribution in [2.24, 2.45) is 29.6 Å². The highest BCUT2D eigenvalue weighted by atomic mass is 79.9. The summed E-state index contributed by atoms with van der Waals surface area (Å²) in [6.45, 7) is 2.13. The van der Waals surface area contributed by atoms with E-state index in [1.165, 1.54) is 19.3 Å². The molecule has 5 unspecified atom stereocenters. The average Bonchev–Trinajstić information content (AvgIpc) is 2.75. The Bertz CT molecular complexity index is 286. The molecule has 3 aliphatic carbocycles. The third-order valence-electron chi connectivity index (χ3n) is 5.06. The Morgan fingerprint density at radius 1 is 1.38 bits per heavy atom. The topological polar surface area (TPSA) is 29.1 Å². The molecule has 0 radical (unpaired) electrons. The lowest BCUT2D eigenvalue weighted by molar-refractivity contribution is -0.123. The lowest BCUT2D eigenvalue weighted by Crippen LogP contribution is -2.37. The molecule has 16 heavy (non-hydrogen) atoms. The van der Waals surface area contributed by atoms with E-state index >= 15 is 0 Å². The zero-order chi connectivity index (χ0) is 11.3. The molecule has 0 aromatic carbocycles. The smallest absolute Gasteiger partial charge is 0.223 e. The molecule has 0 aliphatic heterocycles. The van der Waals surface area contributed by atoms with E-state index in [-0.39, 0.29) is 0 Å². The fraction of sp³-hybridized carbons (Fsp3) is 0.923. The van der Waals surface area contributed by atoms with Crippen molar-refractivity contribution < 1.29 is 4.79 Å². The second-order valence-corrected chi connectivity index (χ2v) is 6.43. The number of carbonyl (C=O) groups excluding carboxylic acids is 1. The number of carbonyl (C=O) groups is 1. The lowest BCUT2D eigenvalue weighted by Gasteiger charge is -2.15. The van der Waals surface area contributed by atoms with E-state index in [4.69, 9.17) is 0 Å². The first-order valence-corrected chi connectivity index (χ1v) is 7.74. The zero-order valence-corrected chi connectivity index (χ0v) is 11.4.